The van der Waals surface area contributed by atoms with Crippen molar-refractivity contribution in [1.29, 1.82) is 0 Å². The number of anilines is 1. The lowest BCUT2D eigenvalue weighted by molar-refractivity contribution is -0.139. The van der Waals surface area contributed by atoms with Gasteiger partial charge in [0.15, 0.2) is 0 Å². The molecular weight excluding hydrogens is 304 g/mol. The summed E-state index contributed by atoms with van der Waals surface area (Å²) in [5.41, 5.74) is 4.37. The Bertz CT molecular complexity index is 600. The molecular formula is C18H24N4O2. The Kier molecular flexibility index (Phi) is 5.46. The number of nitrogens with one attached hydrogen (secondary N) is 2. The highest BCUT2D eigenvalue weighted by Crippen LogP contribution is 2.19. The Morgan fingerprint density at radius 3 is 2.29 bits per heavy atom. The second kappa shape index (κ2) is 7.95. The Morgan fingerprint density at radius 1 is 1.00 bits per heavy atom. The van der Waals surface area contributed by atoms with Gasteiger partial charge in [-0.1, -0.05) is 25.0 Å². The van der Waals surface area contributed by atoms with Gasteiger partial charge in [0.2, 0.25) is 0 Å². The predicted molar refractivity (Wildman–Crippen MR) is 94.0 cm³/mol. The van der Waals surface area contributed by atoms with Crippen molar-refractivity contribution in [2.75, 3.05) is 18.0 Å². The van der Waals surface area contributed by atoms with E-state index >= 15 is 0 Å². The van der Waals surface area contributed by atoms with Gasteiger partial charge in [-0.15, -0.1) is 0 Å². The van der Waals surface area contributed by atoms with Gasteiger partial charge >= 0.3 is 11.8 Å². The highest BCUT2D eigenvalue weighted by molar-refractivity contribution is 6.35. The van der Waals surface area contributed by atoms with Gasteiger partial charge in [0.1, 0.15) is 0 Å². The van der Waals surface area contributed by atoms with E-state index in [0.717, 1.165) is 31.5 Å². The zero-order chi connectivity index (χ0) is 16.8. The van der Waals surface area contributed by atoms with Crippen LogP contribution in [-0.4, -0.2) is 37.2 Å². The van der Waals surface area contributed by atoms with Gasteiger partial charge in [-0.3, -0.25) is 9.59 Å². The molecule has 2 N–H and O–H groups in total. The fourth-order valence-corrected chi connectivity index (χ4v) is 2.79. The summed E-state index contributed by atoms with van der Waals surface area (Å²) in [7, 11) is 0. The molecule has 1 aliphatic carbocycles. The normalized spacial score (nSPS) is 18.2. The van der Waals surface area contributed by atoms with E-state index in [0.29, 0.717) is 0 Å². The van der Waals surface area contributed by atoms with Crippen LogP contribution in [0.3, 0.4) is 0 Å². The molecule has 0 unspecified atom stereocenters. The van der Waals surface area contributed by atoms with Crippen molar-refractivity contribution in [3.05, 3.63) is 29.8 Å². The third kappa shape index (κ3) is 4.81. The standard InChI is InChI=1S/C18H24N4O2/c23-17(20-15-7-8-15)18(24)21-19-13-14-5-9-16(10-6-14)22-11-3-1-2-4-12-22/h5-6,9-10,13,15H,1-4,7-8,11-12H2,(H,20,23)(H,21,24)/b19-13-. The van der Waals surface area contributed by atoms with Crippen molar-refractivity contribution in [1.82, 2.24) is 10.7 Å². The lowest BCUT2D eigenvalue weighted by Crippen LogP contribution is -2.38. The molecule has 2 fully saturated rings. The number of nitrogens with zero attached hydrogens (tertiary/aromatic N) is 2. The van der Waals surface area contributed by atoms with Crippen LogP contribution in [0.15, 0.2) is 29.4 Å². The molecule has 1 aromatic carbocycles. The van der Waals surface area contributed by atoms with E-state index in [4.69, 9.17) is 0 Å². The summed E-state index contributed by atoms with van der Waals surface area (Å²) in [6.07, 6.45) is 8.58. The summed E-state index contributed by atoms with van der Waals surface area (Å²) >= 11 is 0. The average Bonchev–Trinajstić information content (AvgIpc) is 3.42. The average molecular weight is 328 g/mol. The predicted octanol–water partition coefficient (Wildman–Crippen LogP) is 1.80. The molecule has 1 heterocycles. The van der Waals surface area contributed by atoms with E-state index in [1.54, 1.807) is 6.21 Å². The zero-order valence-corrected chi connectivity index (χ0v) is 13.8. The van der Waals surface area contributed by atoms with E-state index in [-0.39, 0.29) is 6.04 Å². The number of hydrogen-bond acceptors (Lipinski definition) is 4. The lowest BCUT2D eigenvalue weighted by atomic mass is 10.2. The molecule has 0 aromatic heterocycles. The Balaban J connectivity index is 1.49. The molecule has 0 radical (unpaired) electrons. The SMILES string of the molecule is O=C(N/N=C\c1ccc(N2CCCCCC2)cc1)C(=O)NC1CC1. The Hall–Kier alpha value is -2.37. The first-order chi connectivity index (χ1) is 11.7. The number of benzene rings is 1. The van der Waals surface area contributed by atoms with Gasteiger partial charge in [0.05, 0.1) is 6.21 Å². The molecule has 0 bridgehead atoms. The molecule has 2 aliphatic rings. The summed E-state index contributed by atoms with van der Waals surface area (Å²) in [4.78, 5) is 25.4. The van der Waals surface area contributed by atoms with Gasteiger partial charge in [-0.05, 0) is 43.4 Å². The molecule has 6 heteroatoms. The summed E-state index contributed by atoms with van der Waals surface area (Å²) in [6.45, 7) is 2.22. The number of carbonyl (C=O) groups excluding carboxylic acids is 2. The highest BCUT2D eigenvalue weighted by Gasteiger charge is 2.26. The smallest absolute Gasteiger partial charge is 0.329 e. The van der Waals surface area contributed by atoms with Crippen molar-refractivity contribution >= 4 is 23.7 Å². The van der Waals surface area contributed by atoms with E-state index in [1.165, 1.54) is 31.4 Å². The molecule has 1 aliphatic heterocycles. The first-order valence-electron chi connectivity index (χ1n) is 8.71. The van der Waals surface area contributed by atoms with Crippen molar-refractivity contribution in [3.8, 4) is 0 Å². The number of rotatable bonds is 4. The first kappa shape index (κ1) is 16.5. The van der Waals surface area contributed by atoms with Crippen molar-refractivity contribution in [2.24, 2.45) is 5.10 Å². The molecule has 1 saturated carbocycles. The van der Waals surface area contributed by atoms with Crippen LogP contribution in [-0.2, 0) is 9.59 Å². The molecule has 24 heavy (non-hydrogen) atoms. The third-order valence-electron chi connectivity index (χ3n) is 4.36. The quantitative estimate of drug-likeness (QED) is 0.503. The van der Waals surface area contributed by atoms with Crippen LogP contribution in [0.5, 0.6) is 0 Å². The molecule has 128 valence electrons. The largest absolute Gasteiger partial charge is 0.372 e. The van der Waals surface area contributed by atoms with Crippen LogP contribution in [0, 0.1) is 0 Å². The fourth-order valence-electron chi connectivity index (χ4n) is 2.79. The van der Waals surface area contributed by atoms with Crippen LogP contribution in [0.1, 0.15) is 44.1 Å². The number of hydrazone groups is 1. The number of hydrogen-bond donors (Lipinski definition) is 2. The monoisotopic (exact) mass is 328 g/mol. The molecule has 6 nitrogen and oxygen atoms in total. The minimum Gasteiger partial charge on any atom is -0.372 e. The summed E-state index contributed by atoms with van der Waals surface area (Å²) < 4.78 is 0. The minimum atomic E-state index is -0.723. The number of amides is 2. The molecule has 2 amide bonds. The van der Waals surface area contributed by atoms with E-state index < -0.39 is 11.8 Å². The van der Waals surface area contributed by atoms with Crippen molar-refractivity contribution in [3.63, 3.8) is 0 Å². The molecule has 0 spiro atoms. The second-order valence-corrected chi connectivity index (χ2v) is 6.44. The summed E-state index contributed by atoms with van der Waals surface area (Å²) in [5.74, 6) is -1.34. The molecule has 0 atom stereocenters. The van der Waals surface area contributed by atoms with Crippen LogP contribution in [0.2, 0.25) is 0 Å². The second-order valence-electron chi connectivity index (χ2n) is 6.44. The van der Waals surface area contributed by atoms with Crippen LogP contribution in [0.4, 0.5) is 5.69 Å². The van der Waals surface area contributed by atoms with Crippen LogP contribution >= 0.6 is 0 Å². The first-order valence-corrected chi connectivity index (χ1v) is 8.71. The molecule has 1 saturated heterocycles. The summed E-state index contributed by atoms with van der Waals surface area (Å²) in [6, 6.07) is 8.27. The Labute approximate surface area is 142 Å². The van der Waals surface area contributed by atoms with Gasteiger partial charge in [-0.2, -0.15) is 5.10 Å². The van der Waals surface area contributed by atoms with Crippen molar-refractivity contribution in [2.45, 2.75) is 44.6 Å². The third-order valence-corrected chi connectivity index (χ3v) is 4.36. The van der Waals surface area contributed by atoms with Gasteiger partial charge in [-0.25, -0.2) is 5.43 Å². The van der Waals surface area contributed by atoms with E-state index in [2.05, 4.69) is 32.9 Å². The van der Waals surface area contributed by atoms with E-state index in [1.807, 2.05) is 12.1 Å². The lowest BCUT2D eigenvalue weighted by Gasteiger charge is -2.22. The maximum Gasteiger partial charge on any atom is 0.329 e. The zero-order valence-electron chi connectivity index (χ0n) is 13.8. The Morgan fingerprint density at radius 2 is 1.67 bits per heavy atom. The number of carbonyl (C=O) groups is 2. The highest BCUT2D eigenvalue weighted by atomic mass is 16.2. The fraction of sp³-hybridized carbons (Fsp3) is 0.500. The maximum atomic E-state index is 11.5. The van der Waals surface area contributed by atoms with E-state index in [9.17, 15) is 9.59 Å². The van der Waals surface area contributed by atoms with Crippen LogP contribution < -0.4 is 15.6 Å². The van der Waals surface area contributed by atoms with Crippen LogP contribution in [0.25, 0.3) is 0 Å². The molecule has 1 aromatic rings. The molecule has 3 rings (SSSR count). The topological polar surface area (TPSA) is 73.8 Å². The summed E-state index contributed by atoms with van der Waals surface area (Å²) in [5, 5.41) is 6.47. The van der Waals surface area contributed by atoms with Crippen molar-refractivity contribution < 1.29 is 9.59 Å². The van der Waals surface area contributed by atoms with Gasteiger partial charge < -0.3 is 10.2 Å². The maximum absolute atomic E-state index is 11.5. The minimum absolute atomic E-state index is 0.166. The van der Waals surface area contributed by atoms with Gasteiger partial charge in [0, 0.05) is 24.8 Å². The van der Waals surface area contributed by atoms with Gasteiger partial charge in [0.25, 0.3) is 0 Å².